The molecule has 0 saturated heterocycles. The van der Waals surface area contributed by atoms with E-state index in [0.29, 0.717) is 0 Å². The number of pyridine rings is 1. The second kappa shape index (κ2) is 4.72. The molecule has 0 atom stereocenters. The van der Waals surface area contributed by atoms with Gasteiger partial charge in [0, 0.05) is 17.8 Å². The lowest BCUT2D eigenvalue weighted by molar-refractivity contribution is 0.568. The molecule has 0 unspecified atom stereocenters. The van der Waals surface area contributed by atoms with Crippen molar-refractivity contribution < 1.29 is 4.42 Å². The van der Waals surface area contributed by atoms with Crippen molar-refractivity contribution in [3.05, 3.63) is 42.0 Å². The highest BCUT2D eigenvalue weighted by molar-refractivity contribution is 5.57. The Morgan fingerprint density at radius 3 is 3.06 bits per heavy atom. The topological polar surface area (TPSA) is 38.1 Å². The van der Waals surface area contributed by atoms with Gasteiger partial charge in [-0.25, -0.2) is 0 Å². The van der Waals surface area contributed by atoms with Gasteiger partial charge in [-0.3, -0.25) is 4.98 Å². The van der Waals surface area contributed by atoms with E-state index in [1.807, 2.05) is 6.07 Å². The lowest BCUT2D eigenvalue weighted by atomic mass is 10.0. The summed E-state index contributed by atoms with van der Waals surface area (Å²) in [5.41, 5.74) is 4.63. The van der Waals surface area contributed by atoms with Gasteiger partial charge in [-0.1, -0.05) is 6.07 Å². The molecule has 17 heavy (non-hydrogen) atoms. The molecule has 1 N–H and O–H groups in total. The van der Waals surface area contributed by atoms with Crippen molar-refractivity contribution in [1.29, 1.82) is 0 Å². The largest absolute Gasteiger partial charge is 0.472 e. The monoisotopic (exact) mass is 228 g/mol. The summed E-state index contributed by atoms with van der Waals surface area (Å²) in [7, 11) is 0. The van der Waals surface area contributed by atoms with Crippen LogP contribution in [0.25, 0.3) is 11.3 Å². The quantitative estimate of drug-likeness (QED) is 0.815. The van der Waals surface area contributed by atoms with Crippen LogP contribution in [0.15, 0.2) is 35.1 Å². The Kier molecular flexibility index (Phi) is 2.92. The van der Waals surface area contributed by atoms with Crippen LogP contribution in [0, 0.1) is 0 Å². The number of rotatable bonds is 1. The van der Waals surface area contributed by atoms with Gasteiger partial charge < -0.3 is 9.73 Å². The number of aromatic nitrogens is 1. The minimum Gasteiger partial charge on any atom is -0.472 e. The summed E-state index contributed by atoms with van der Waals surface area (Å²) in [6.07, 6.45) is 6.97. The molecule has 2 aromatic heterocycles. The predicted molar refractivity (Wildman–Crippen MR) is 66.6 cm³/mol. The Bertz CT molecular complexity index is 491. The predicted octanol–water partition coefficient (Wildman–Crippen LogP) is 2.77. The maximum atomic E-state index is 5.11. The van der Waals surface area contributed by atoms with Crippen LogP contribution < -0.4 is 5.32 Å². The lowest BCUT2D eigenvalue weighted by Crippen LogP contribution is -2.19. The summed E-state index contributed by atoms with van der Waals surface area (Å²) in [5.74, 6) is 0. The van der Waals surface area contributed by atoms with Gasteiger partial charge >= 0.3 is 0 Å². The zero-order chi connectivity index (χ0) is 11.5. The van der Waals surface area contributed by atoms with E-state index < -0.39 is 0 Å². The average molecular weight is 228 g/mol. The van der Waals surface area contributed by atoms with Gasteiger partial charge in [0.25, 0.3) is 0 Å². The molecular weight excluding hydrogens is 212 g/mol. The van der Waals surface area contributed by atoms with Gasteiger partial charge in [-0.05, 0) is 43.5 Å². The summed E-state index contributed by atoms with van der Waals surface area (Å²) in [5, 5.41) is 3.44. The SMILES string of the molecule is c1cc(-c2ccc3c(n2)CCCCNC3)co1. The van der Waals surface area contributed by atoms with Crippen LogP contribution in [-0.2, 0) is 13.0 Å². The van der Waals surface area contributed by atoms with E-state index in [1.54, 1.807) is 12.5 Å². The molecule has 0 bridgehead atoms. The summed E-state index contributed by atoms with van der Waals surface area (Å²) >= 11 is 0. The van der Waals surface area contributed by atoms with Gasteiger partial charge in [0.2, 0.25) is 0 Å². The molecule has 88 valence electrons. The fourth-order valence-corrected chi connectivity index (χ4v) is 2.24. The van der Waals surface area contributed by atoms with Crippen LogP contribution in [0.3, 0.4) is 0 Å². The van der Waals surface area contributed by atoms with Gasteiger partial charge in [0.15, 0.2) is 0 Å². The third-order valence-corrected chi connectivity index (χ3v) is 3.22. The van der Waals surface area contributed by atoms with Crippen LogP contribution in [0.2, 0.25) is 0 Å². The van der Waals surface area contributed by atoms with E-state index in [2.05, 4.69) is 17.4 Å². The molecule has 0 spiro atoms. The molecule has 1 aliphatic rings. The first-order valence-electron chi connectivity index (χ1n) is 6.15. The normalized spacial score (nSPS) is 16.0. The van der Waals surface area contributed by atoms with Gasteiger partial charge in [0.05, 0.1) is 18.2 Å². The van der Waals surface area contributed by atoms with Gasteiger partial charge in [0.1, 0.15) is 0 Å². The summed E-state index contributed by atoms with van der Waals surface area (Å²) in [6.45, 7) is 2.05. The highest BCUT2D eigenvalue weighted by Gasteiger charge is 2.10. The minimum atomic E-state index is 0.938. The fourth-order valence-electron chi connectivity index (χ4n) is 2.24. The van der Waals surface area contributed by atoms with E-state index in [0.717, 1.165) is 30.8 Å². The van der Waals surface area contributed by atoms with E-state index in [9.17, 15) is 0 Å². The Morgan fingerprint density at radius 1 is 1.18 bits per heavy atom. The van der Waals surface area contributed by atoms with Gasteiger partial charge in [-0.15, -0.1) is 0 Å². The number of nitrogens with one attached hydrogen (secondary N) is 1. The molecule has 1 aliphatic heterocycles. The highest BCUT2D eigenvalue weighted by atomic mass is 16.3. The molecule has 0 aromatic carbocycles. The van der Waals surface area contributed by atoms with Crippen molar-refractivity contribution in [3.8, 4) is 11.3 Å². The molecule has 3 nitrogen and oxygen atoms in total. The first kappa shape index (κ1) is 10.5. The molecule has 0 amide bonds. The number of hydrogen-bond donors (Lipinski definition) is 1. The van der Waals surface area contributed by atoms with E-state index >= 15 is 0 Å². The zero-order valence-corrected chi connectivity index (χ0v) is 9.78. The standard InChI is InChI=1S/C14H16N2O/c1-2-7-15-9-11-4-5-14(16-13(11)3-1)12-6-8-17-10-12/h4-6,8,10,15H,1-3,7,9H2. The molecule has 3 heteroatoms. The third kappa shape index (κ3) is 2.24. The number of furan rings is 1. The smallest absolute Gasteiger partial charge is 0.0996 e. The molecule has 0 radical (unpaired) electrons. The van der Waals surface area contributed by atoms with Crippen molar-refractivity contribution in [2.75, 3.05) is 6.54 Å². The molecular formula is C14H16N2O. The summed E-state index contributed by atoms with van der Waals surface area (Å²) < 4.78 is 5.11. The van der Waals surface area contributed by atoms with E-state index in [4.69, 9.17) is 9.40 Å². The number of fused-ring (bicyclic) bond motifs is 1. The number of nitrogens with zero attached hydrogens (tertiary/aromatic N) is 1. The Balaban J connectivity index is 1.96. The number of aryl methyl sites for hydroxylation is 1. The van der Waals surface area contributed by atoms with E-state index in [1.165, 1.54) is 24.1 Å². The van der Waals surface area contributed by atoms with Crippen molar-refractivity contribution >= 4 is 0 Å². The Morgan fingerprint density at radius 2 is 2.18 bits per heavy atom. The summed E-state index contributed by atoms with van der Waals surface area (Å²) in [6, 6.07) is 6.21. The van der Waals surface area contributed by atoms with E-state index in [-0.39, 0.29) is 0 Å². The van der Waals surface area contributed by atoms with Crippen molar-refractivity contribution in [2.24, 2.45) is 0 Å². The van der Waals surface area contributed by atoms with Gasteiger partial charge in [-0.2, -0.15) is 0 Å². The molecule has 0 aliphatic carbocycles. The van der Waals surface area contributed by atoms with Crippen LogP contribution in [0.5, 0.6) is 0 Å². The fraction of sp³-hybridized carbons (Fsp3) is 0.357. The van der Waals surface area contributed by atoms with Crippen LogP contribution >= 0.6 is 0 Å². The lowest BCUT2D eigenvalue weighted by Gasteiger charge is -2.14. The third-order valence-electron chi connectivity index (χ3n) is 3.22. The Hall–Kier alpha value is -1.61. The minimum absolute atomic E-state index is 0.938. The molecule has 3 rings (SSSR count). The van der Waals surface area contributed by atoms with Crippen molar-refractivity contribution in [3.63, 3.8) is 0 Å². The van der Waals surface area contributed by atoms with Crippen molar-refractivity contribution in [2.45, 2.75) is 25.8 Å². The van der Waals surface area contributed by atoms with Crippen LogP contribution in [0.1, 0.15) is 24.1 Å². The molecule has 0 saturated carbocycles. The highest BCUT2D eigenvalue weighted by Crippen LogP contribution is 2.21. The summed E-state index contributed by atoms with van der Waals surface area (Å²) in [4.78, 5) is 4.76. The molecule has 3 heterocycles. The first-order valence-corrected chi connectivity index (χ1v) is 6.15. The van der Waals surface area contributed by atoms with Crippen molar-refractivity contribution in [1.82, 2.24) is 10.3 Å². The van der Waals surface area contributed by atoms with Crippen LogP contribution in [0.4, 0.5) is 0 Å². The first-order chi connectivity index (χ1) is 8.43. The maximum absolute atomic E-state index is 5.11. The molecule has 2 aromatic rings. The Labute approximate surface area is 101 Å². The zero-order valence-electron chi connectivity index (χ0n) is 9.78. The van der Waals surface area contributed by atoms with Crippen LogP contribution in [-0.4, -0.2) is 11.5 Å². The number of hydrogen-bond acceptors (Lipinski definition) is 3. The second-order valence-electron chi connectivity index (χ2n) is 4.45. The maximum Gasteiger partial charge on any atom is 0.0996 e. The second-order valence-corrected chi connectivity index (χ2v) is 4.45. The average Bonchev–Trinajstić information content (AvgIpc) is 2.83. The molecule has 0 fully saturated rings.